The van der Waals surface area contributed by atoms with Gasteiger partial charge in [0.05, 0.1) is 18.3 Å². The second-order valence-corrected chi connectivity index (χ2v) is 4.13. The molecule has 0 aromatic heterocycles. The van der Waals surface area contributed by atoms with E-state index in [9.17, 15) is 5.11 Å². The quantitative estimate of drug-likeness (QED) is 0.694. The van der Waals surface area contributed by atoms with Crippen molar-refractivity contribution in [1.29, 1.82) is 0 Å². The van der Waals surface area contributed by atoms with Gasteiger partial charge in [-0.2, -0.15) is 0 Å². The molecule has 1 fully saturated rings. The first-order valence-electron chi connectivity index (χ1n) is 5.18. The molecule has 1 aliphatic carbocycles. The lowest BCUT2D eigenvalue weighted by molar-refractivity contribution is -0.0743. The van der Waals surface area contributed by atoms with Crippen molar-refractivity contribution in [3.05, 3.63) is 0 Å². The first-order chi connectivity index (χ1) is 6.09. The molecule has 13 heavy (non-hydrogen) atoms. The zero-order valence-corrected chi connectivity index (χ0v) is 8.57. The normalized spacial score (nSPS) is 34.2. The number of nitrogens with two attached hydrogens (primary N) is 1. The minimum atomic E-state index is -0.391. The summed E-state index contributed by atoms with van der Waals surface area (Å²) in [5.74, 6) is 0. The Hall–Kier alpha value is -0.120. The Balaban J connectivity index is 2.27. The predicted octanol–water partition coefficient (Wildman–Crippen LogP) is 1.04. The maximum atomic E-state index is 9.26. The van der Waals surface area contributed by atoms with E-state index < -0.39 is 6.10 Å². The van der Waals surface area contributed by atoms with Crippen LogP contribution in [0.5, 0.6) is 0 Å². The third-order valence-electron chi connectivity index (χ3n) is 2.75. The lowest BCUT2D eigenvalue weighted by atomic mass is 9.93. The van der Waals surface area contributed by atoms with Crippen LogP contribution in [0.1, 0.15) is 39.5 Å². The molecular weight excluding hydrogens is 166 g/mol. The number of hydrogen-bond acceptors (Lipinski definition) is 3. The van der Waals surface area contributed by atoms with E-state index in [-0.39, 0.29) is 12.2 Å². The molecule has 0 aliphatic heterocycles. The number of aliphatic hydroxyl groups excluding tert-OH is 1. The number of hydrogen-bond donors (Lipinski definition) is 2. The number of aliphatic hydroxyl groups is 1. The topological polar surface area (TPSA) is 55.5 Å². The second-order valence-electron chi connectivity index (χ2n) is 4.13. The van der Waals surface area contributed by atoms with Crippen LogP contribution in [0.2, 0.25) is 0 Å². The van der Waals surface area contributed by atoms with Crippen molar-refractivity contribution >= 4 is 0 Å². The molecule has 1 saturated carbocycles. The van der Waals surface area contributed by atoms with E-state index in [1.807, 2.05) is 6.92 Å². The summed E-state index contributed by atoms with van der Waals surface area (Å²) in [6, 6.07) is 0.292. The van der Waals surface area contributed by atoms with Crippen LogP contribution >= 0.6 is 0 Å². The summed E-state index contributed by atoms with van der Waals surface area (Å²) in [6.45, 7) is 3.66. The molecule has 78 valence electrons. The van der Waals surface area contributed by atoms with E-state index in [0.29, 0.717) is 6.04 Å². The van der Waals surface area contributed by atoms with Crippen LogP contribution in [0.15, 0.2) is 0 Å². The summed E-state index contributed by atoms with van der Waals surface area (Å²) in [4.78, 5) is 0. The third kappa shape index (κ3) is 3.63. The van der Waals surface area contributed by atoms with Crippen molar-refractivity contribution in [3.63, 3.8) is 0 Å². The Bertz CT molecular complexity index is 150. The van der Waals surface area contributed by atoms with E-state index in [4.69, 9.17) is 10.5 Å². The average molecular weight is 187 g/mol. The minimum Gasteiger partial charge on any atom is -0.391 e. The second kappa shape index (κ2) is 4.94. The lowest BCUT2D eigenvalue weighted by Gasteiger charge is -2.30. The molecule has 3 N–H and O–H groups in total. The fourth-order valence-corrected chi connectivity index (χ4v) is 1.72. The third-order valence-corrected chi connectivity index (χ3v) is 2.75. The number of ether oxygens (including phenoxy) is 1. The van der Waals surface area contributed by atoms with E-state index in [1.54, 1.807) is 6.92 Å². The molecule has 0 amide bonds. The Morgan fingerprint density at radius 3 is 2.62 bits per heavy atom. The average Bonchev–Trinajstić information content (AvgIpc) is 2.04. The van der Waals surface area contributed by atoms with Crippen molar-refractivity contribution in [1.82, 2.24) is 0 Å². The fourth-order valence-electron chi connectivity index (χ4n) is 1.72. The van der Waals surface area contributed by atoms with Crippen LogP contribution < -0.4 is 5.73 Å². The summed E-state index contributed by atoms with van der Waals surface area (Å²) in [7, 11) is 0. The van der Waals surface area contributed by atoms with Gasteiger partial charge >= 0.3 is 0 Å². The summed E-state index contributed by atoms with van der Waals surface area (Å²) in [5, 5.41) is 9.26. The standard InChI is InChI=1S/C10H21NO2/c1-7(12)8(2)13-10-5-3-4-9(11)6-10/h7-10,12H,3-6,11H2,1-2H3. The monoisotopic (exact) mass is 187 g/mol. The Morgan fingerprint density at radius 2 is 2.08 bits per heavy atom. The van der Waals surface area contributed by atoms with Gasteiger partial charge in [0.15, 0.2) is 0 Å². The van der Waals surface area contributed by atoms with Gasteiger partial charge in [0.25, 0.3) is 0 Å². The molecule has 0 bridgehead atoms. The molecule has 0 radical (unpaired) electrons. The molecule has 1 rings (SSSR count). The van der Waals surface area contributed by atoms with Gasteiger partial charge in [-0.15, -0.1) is 0 Å². The first-order valence-corrected chi connectivity index (χ1v) is 5.18. The first kappa shape index (κ1) is 11.0. The van der Waals surface area contributed by atoms with E-state index in [2.05, 4.69) is 0 Å². The van der Waals surface area contributed by atoms with Crippen molar-refractivity contribution in [2.24, 2.45) is 5.73 Å². The van der Waals surface area contributed by atoms with Gasteiger partial charge < -0.3 is 15.6 Å². The van der Waals surface area contributed by atoms with Crippen LogP contribution in [-0.4, -0.2) is 29.5 Å². The molecule has 0 saturated heterocycles. The van der Waals surface area contributed by atoms with Crippen molar-refractivity contribution in [3.8, 4) is 0 Å². The minimum absolute atomic E-state index is 0.0738. The van der Waals surface area contributed by atoms with Crippen molar-refractivity contribution in [2.75, 3.05) is 0 Å². The molecule has 4 unspecified atom stereocenters. The maximum absolute atomic E-state index is 9.26. The molecule has 0 aromatic carbocycles. The van der Waals surface area contributed by atoms with Gasteiger partial charge in [-0.05, 0) is 39.5 Å². The molecule has 0 spiro atoms. The van der Waals surface area contributed by atoms with Gasteiger partial charge in [0, 0.05) is 6.04 Å². The summed E-state index contributed by atoms with van der Waals surface area (Å²) in [6.07, 6.45) is 4.09. The lowest BCUT2D eigenvalue weighted by Crippen LogP contribution is -2.36. The van der Waals surface area contributed by atoms with Crippen LogP contribution in [-0.2, 0) is 4.74 Å². The fraction of sp³-hybridized carbons (Fsp3) is 1.00. The Morgan fingerprint density at radius 1 is 1.38 bits per heavy atom. The van der Waals surface area contributed by atoms with Crippen LogP contribution in [0.25, 0.3) is 0 Å². The van der Waals surface area contributed by atoms with E-state index in [1.165, 1.54) is 0 Å². The van der Waals surface area contributed by atoms with Gasteiger partial charge in [-0.3, -0.25) is 0 Å². The van der Waals surface area contributed by atoms with Gasteiger partial charge in [-0.1, -0.05) is 0 Å². The van der Waals surface area contributed by atoms with Crippen LogP contribution in [0.3, 0.4) is 0 Å². The van der Waals surface area contributed by atoms with Gasteiger partial charge in [-0.25, -0.2) is 0 Å². The van der Waals surface area contributed by atoms with Gasteiger partial charge in [0.2, 0.25) is 0 Å². The highest BCUT2D eigenvalue weighted by Crippen LogP contribution is 2.21. The number of rotatable bonds is 3. The summed E-state index contributed by atoms with van der Waals surface area (Å²) < 4.78 is 5.69. The summed E-state index contributed by atoms with van der Waals surface area (Å²) >= 11 is 0. The van der Waals surface area contributed by atoms with Crippen LogP contribution in [0.4, 0.5) is 0 Å². The zero-order chi connectivity index (χ0) is 9.84. The highest BCUT2D eigenvalue weighted by Gasteiger charge is 2.22. The van der Waals surface area contributed by atoms with E-state index >= 15 is 0 Å². The molecule has 0 heterocycles. The Kier molecular flexibility index (Phi) is 4.16. The Labute approximate surface area is 80.3 Å². The highest BCUT2D eigenvalue weighted by atomic mass is 16.5. The highest BCUT2D eigenvalue weighted by molar-refractivity contribution is 4.76. The SMILES string of the molecule is CC(O)C(C)OC1CCCC(N)C1. The van der Waals surface area contributed by atoms with E-state index in [0.717, 1.165) is 25.7 Å². The smallest absolute Gasteiger partial charge is 0.0806 e. The predicted molar refractivity (Wildman–Crippen MR) is 52.5 cm³/mol. The van der Waals surface area contributed by atoms with Crippen LogP contribution in [0, 0.1) is 0 Å². The molecule has 4 atom stereocenters. The maximum Gasteiger partial charge on any atom is 0.0806 e. The molecule has 3 heteroatoms. The van der Waals surface area contributed by atoms with Gasteiger partial charge in [0.1, 0.15) is 0 Å². The molecule has 0 aromatic rings. The summed E-state index contributed by atoms with van der Waals surface area (Å²) in [5.41, 5.74) is 5.83. The molecule has 3 nitrogen and oxygen atoms in total. The zero-order valence-electron chi connectivity index (χ0n) is 8.57. The molecular formula is C10H21NO2. The largest absolute Gasteiger partial charge is 0.391 e. The van der Waals surface area contributed by atoms with Crippen molar-refractivity contribution < 1.29 is 9.84 Å². The molecule has 1 aliphatic rings. The van der Waals surface area contributed by atoms with Crippen molar-refractivity contribution in [2.45, 2.75) is 63.9 Å².